The summed E-state index contributed by atoms with van der Waals surface area (Å²) in [5, 5.41) is 0. The molecule has 4 aliphatic carbocycles. The molecule has 2 N–H and O–H groups in total. The predicted molar refractivity (Wildman–Crippen MR) is 69.8 cm³/mol. The van der Waals surface area contributed by atoms with Gasteiger partial charge in [0.2, 0.25) is 0 Å². The van der Waals surface area contributed by atoms with Crippen LogP contribution < -0.4 is 5.73 Å². The molecule has 3 nitrogen and oxygen atoms in total. The molecule has 4 bridgehead atoms. The Morgan fingerprint density at radius 2 is 1.61 bits per heavy atom. The van der Waals surface area contributed by atoms with E-state index in [1.165, 1.54) is 44.2 Å². The van der Waals surface area contributed by atoms with Crippen molar-refractivity contribution < 1.29 is 0 Å². The van der Waals surface area contributed by atoms with Crippen LogP contribution in [0.3, 0.4) is 0 Å². The summed E-state index contributed by atoms with van der Waals surface area (Å²) in [6.45, 7) is 0.494. The fraction of sp³-hybridized carbons (Fsp3) is 0.733. The fourth-order valence-corrected chi connectivity index (χ4v) is 5.16. The summed E-state index contributed by atoms with van der Waals surface area (Å²) >= 11 is 0. The quantitative estimate of drug-likeness (QED) is 0.867. The lowest BCUT2D eigenvalue weighted by molar-refractivity contribution is -0.00739. The summed E-state index contributed by atoms with van der Waals surface area (Å²) in [4.78, 5) is 9.16. The van der Waals surface area contributed by atoms with E-state index in [4.69, 9.17) is 10.7 Å². The Hall–Kier alpha value is -0.960. The minimum Gasteiger partial charge on any atom is -0.325 e. The molecule has 5 rings (SSSR count). The molecule has 0 atom stereocenters. The maximum Gasteiger partial charge on any atom is 0.0722 e. The van der Waals surface area contributed by atoms with Crippen molar-refractivity contribution >= 4 is 0 Å². The highest BCUT2D eigenvalue weighted by Gasteiger charge is 2.52. The van der Waals surface area contributed by atoms with Gasteiger partial charge in [0.25, 0.3) is 0 Å². The Labute approximate surface area is 108 Å². The summed E-state index contributed by atoms with van der Waals surface area (Å²) < 4.78 is 0. The van der Waals surface area contributed by atoms with Crippen molar-refractivity contribution in [1.82, 2.24) is 9.97 Å². The molecule has 0 aromatic carbocycles. The lowest BCUT2D eigenvalue weighted by Gasteiger charge is -2.56. The first-order chi connectivity index (χ1) is 8.77. The number of nitrogens with two attached hydrogens (primary N) is 1. The van der Waals surface area contributed by atoms with Crippen LogP contribution in [0.1, 0.15) is 49.9 Å². The molecule has 3 heteroatoms. The van der Waals surface area contributed by atoms with Crippen molar-refractivity contribution in [3.8, 4) is 0 Å². The topological polar surface area (TPSA) is 51.8 Å². The van der Waals surface area contributed by atoms with Crippen LogP contribution in [0.5, 0.6) is 0 Å². The minimum absolute atomic E-state index is 0.370. The number of hydrogen-bond donors (Lipinski definition) is 1. The summed E-state index contributed by atoms with van der Waals surface area (Å²) in [6, 6.07) is 0. The molecule has 0 amide bonds. The second-order valence-electron chi connectivity index (χ2n) is 6.79. The Morgan fingerprint density at radius 1 is 1.00 bits per heavy atom. The van der Waals surface area contributed by atoms with Crippen LogP contribution >= 0.6 is 0 Å². The van der Waals surface area contributed by atoms with Gasteiger partial charge in [-0.1, -0.05) is 0 Å². The van der Waals surface area contributed by atoms with Gasteiger partial charge in [-0.3, -0.25) is 9.97 Å². The second kappa shape index (κ2) is 3.77. The molecular formula is C15H21N3. The van der Waals surface area contributed by atoms with Gasteiger partial charge in [0.05, 0.1) is 17.6 Å². The van der Waals surface area contributed by atoms with Crippen molar-refractivity contribution in [2.45, 2.75) is 50.5 Å². The first kappa shape index (κ1) is 10.9. The second-order valence-corrected chi connectivity index (χ2v) is 6.79. The zero-order valence-electron chi connectivity index (χ0n) is 10.8. The van der Waals surface area contributed by atoms with Crippen molar-refractivity contribution in [3.63, 3.8) is 0 Å². The molecule has 0 radical (unpaired) electrons. The van der Waals surface area contributed by atoms with Gasteiger partial charge in [-0.15, -0.1) is 0 Å². The molecule has 0 aliphatic heterocycles. The summed E-state index contributed by atoms with van der Waals surface area (Å²) in [6.07, 6.45) is 12.4. The van der Waals surface area contributed by atoms with E-state index in [0.29, 0.717) is 12.0 Å². The third-order valence-electron chi connectivity index (χ3n) is 5.50. The van der Waals surface area contributed by atoms with E-state index in [9.17, 15) is 0 Å². The van der Waals surface area contributed by atoms with Crippen molar-refractivity contribution in [3.05, 3.63) is 23.8 Å². The van der Waals surface area contributed by atoms with Crippen LogP contribution in [-0.4, -0.2) is 9.97 Å². The molecular weight excluding hydrogens is 222 g/mol. The molecule has 0 unspecified atom stereocenters. The normalized spacial score (nSPS) is 41.3. The van der Waals surface area contributed by atoms with Crippen LogP contribution in [-0.2, 0) is 12.0 Å². The van der Waals surface area contributed by atoms with Gasteiger partial charge in [-0.2, -0.15) is 0 Å². The number of nitrogens with zero attached hydrogens (tertiary/aromatic N) is 2. The van der Waals surface area contributed by atoms with E-state index in [-0.39, 0.29) is 0 Å². The van der Waals surface area contributed by atoms with E-state index < -0.39 is 0 Å². The monoisotopic (exact) mass is 243 g/mol. The van der Waals surface area contributed by atoms with Gasteiger partial charge in [-0.05, 0) is 56.3 Å². The van der Waals surface area contributed by atoms with Gasteiger partial charge >= 0.3 is 0 Å². The molecule has 18 heavy (non-hydrogen) atoms. The molecule has 4 fully saturated rings. The Morgan fingerprint density at radius 3 is 2.06 bits per heavy atom. The number of rotatable bonds is 2. The van der Waals surface area contributed by atoms with E-state index >= 15 is 0 Å². The van der Waals surface area contributed by atoms with Crippen molar-refractivity contribution in [2.75, 3.05) is 0 Å². The van der Waals surface area contributed by atoms with E-state index in [1.54, 1.807) is 0 Å². The maximum absolute atomic E-state index is 5.60. The first-order valence-corrected chi connectivity index (χ1v) is 7.29. The molecule has 0 saturated heterocycles. The van der Waals surface area contributed by atoms with Gasteiger partial charge in [0.15, 0.2) is 0 Å². The maximum atomic E-state index is 5.60. The van der Waals surface area contributed by atoms with E-state index in [1.807, 2.05) is 12.4 Å². The highest BCUT2D eigenvalue weighted by molar-refractivity contribution is 5.21. The Kier molecular flexibility index (Phi) is 2.28. The first-order valence-electron chi connectivity index (χ1n) is 7.29. The Balaban J connectivity index is 1.70. The molecule has 4 aliphatic rings. The smallest absolute Gasteiger partial charge is 0.0722 e. The average molecular weight is 243 g/mol. The van der Waals surface area contributed by atoms with Crippen molar-refractivity contribution in [1.29, 1.82) is 0 Å². The number of aromatic nitrogens is 2. The van der Waals surface area contributed by atoms with Crippen molar-refractivity contribution in [2.24, 2.45) is 23.5 Å². The third kappa shape index (κ3) is 1.53. The van der Waals surface area contributed by atoms with Gasteiger partial charge in [0, 0.05) is 18.2 Å². The largest absolute Gasteiger partial charge is 0.325 e. The average Bonchev–Trinajstić information content (AvgIpc) is 2.37. The standard InChI is InChI=1S/C15H21N3/c16-7-13-8-18-14(9-17-13)15-4-10-1-11(5-15)3-12(2-10)6-15/h8-12H,1-7,16H2. The van der Waals surface area contributed by atoms with E-state index in [2.05, 4.69) is 4.98 Å². The summed E-state index contributed by atoms with van der Waals surface area (Å²) in [7, 11) is 0. The van der Waals surface area contributed by atoms with Crippen LogP contribution in [0.25, 0.3) is 0 Å². The van der Waals surface area contributed by atoms with Crippen LogP contribution in [0.15, 0.2) is 12.4 Å². The predicted octanol–water partition coefficient (Wildman–Crippen LogP) is 2.40. The minimum atomic E-state index is 0.370. The molecule has 96 valence electrons. The molecule has 1 heterocycles. The van der Waals surface area contributed by atoms with E-state index in [0.717, 1.165) is 23.4 Å². The third-order valence-corrected chi connectivity index (χ3v) is 5.50. The summed E-state index contributed by atoms with van der Waals surface area (Å²) in [5.74, 6) is 2.90. The highest BCUT2D eigenvalue weighted by Crippen LogP contribution is 2.60. The van der Waals surface area contributed by atoms with Crippen LogP contribution in [0.2, 0.25) is 0 Å². The summed E-state index contributed by atoms with van der Waals surface area (Å²) in [5.41, 5.74) is 8.13. The molecule has 0 spiro atoms. The van der Waals surface area contributed by atoms with Gasteiger partial charge < -0.3 is 5.73 Å². The lowest BCUT2D eigenvalue weighted by atomic mass is 9.49. The Bertz CT molecular complexity index is 416. The molecule has 1 aromatic heterocycles. The fourth-order valence-electron chi connectivity index (χ4n) is 5.16. The van der Waals surface area contributed by atoms with Crippen LogP contribution in [0.4, 0.5) is 0 Å². The zero-order valence-corrected chi connectivity index (χ0v) is 10.8. The SMILES string of the molecule is NCc1cnc(C23CC4CC(CC(C4)C2)C3)cn1. The molecule has 1 aromatic rings. The van der Waals surface area contributed by atoms with Crippen LogP contribution in [0, 0.1) is 17.8 Å². The van der Waals surface area contributed by atoms with Gasteiger partial charge in [0.1, 0.15) is 0 Å². The molecule has 4 saturated carbocycles. The lowest BCUT2D eigenvalue weighted by Crippen LogP contribution is -2.49. The zero-order chi connectivity index (χ0) is 12.2. The highest BCUT2D eigenvalue weighted by atomic mass is 14.8. The number of hydrogen-bond acceptors (Lipinski definition) is 3. The van der Waals surface area contributed by atoms with Gasteiger partial charge in [-0.25, -0.2) is 0 Å².